The Morgan fingerprint density at radius 1 is 1.23 bits per heavy atom. The number of hydrogen-bond acceptors (Lipinski definition) is 5. The molecule has 2 rings (SSSR count). The van der Waals surface area contributed by atoms with Crippen molar-refractivity contribution in [3.63, 3.8) is 0 Å². The third kappa shape index (κ3) is 4.63. The molecule has 1 aliphatic carbocycles. The lowest BCUT2D eigenvalue weighted by Gasteiger charge is -2.39. The predicted octanol–water partition coefficient (Wildman–Crippen LogP) is 4.33. The zero-order valence-electron chi connectivity index (χ0n) is 13.4. The maximum Gasteiger partial charge on any atom is 0.192 e. The number of carbonyl (C=O) groups is 1. The molecule has 2 atom stereocenters. The first-order valence-corrected chi connectivity index (χ1v) is 11.1. The number of rotatable bonds is 4. The Labute approximate surface area is 139 Å². The predicted molar refractivity (Wildman–Crippen MR) is 94.7 cm³/mol. The van der Waals surface area contributed by atoms with Crippen LogP contribution in [0.25, 0.3) is 0 Å². The van der Waals surface area contributed by atoms with E-state index < -0.39 is 8.32 Å². The van der Waals surface area contributed by atoms with Crippen molar-refractivity contribution in [2.75, 3.05) is 0 Å². The molecule has 1 heterocycles. The number of Topliss-reactive ketones (excluding diaryl/α,β-unsaturated/α-hetero) is 1. The largest absolute Gasteiger partial charge is 0.412 e. The molecule has 0 aromatic carbocycles. The SMILES string of the molecule is C.CC(C)(C)[Si](C)(C)O[C@H]1CC(=O)C[C@@H]1Sc1ncccn1. The van der Waals surface area contributed by atoms with E-state index in [1.54, 1.807) is 30.2 Å². The van der Waals surface area contributed by atoms with E-state index in [0.29, 0.717) is 12.8 Å². The van der Waals surface area contributed by atoms with Gasteiger partial charge in [0.05, 0.1) is 6.10 Å². The van der Waals surface area contributed by atoms with Crippen LogP contribution in [0, 0.1) is 0 Å². The lowest BCUT2D eigenvalue weighted by Crippen LogP contribution is -2.45. The summed E-state index contributed by atoms with van der Waals surface area (Å²) in [6.45, 7) is 11.1. The number of hydrogen-bond donors (Lipinski definition) is 0. The highest BCUT2D eigenvalue weighted by Crippen LogP contribution is 2.41. The fourth-order valence-electron chi connectivity index (χ4n) is 2.07. The van der Waals surface area contributed by atoms with Gasteiger partial charge in [-0.2, -0.15) is 0 Å². The van der Waals surface area contributed by atoms with Gasteiger partial charge in [0.1, 0.15) is 5.78 Å². The van der Waals surface area contributed by atoms with Gasteiger partial charge in [-0.3, -0.25) is 4.79 Å². The fraction of sp³-hybridized carbons (Fsp3) is 0.688. The highest BCUT2D eigenvalue weighted by Gasteiger charge is 2.44. The molecule has 0 aliphatic heterocycles. The summed E-state index contributed by atoms with van der Waals surface area (Å²) in [6, 6.07) is 1.80. The van der Waals surface area contributed by atoms with Crippen LogP contribution in [0.4, 0.5) is 0 Å². The van der Waals surface area contributed by atoms with Crippen LogP contribution in [0.2, 0.25) is 18.1 Å². The second-order valence-corrected chi connectivity index (χ2v) is 13.0. The van der Waals surface area contributed by atoms with Crippen molar-refractivity contribution in [2.45, 2.75) is 75.7 Å². The zero-order chi connectivity index (χ0) is 15.7. The molecule has 6 heteroatoms. The topological polar surface area (TPSA) is 52.1 Å². The minimum Gasteiger partial charge on any atom is -0.412 e. The van der Waals surface area contributed by atoms with E-state index in [1.165, 1.54) is 0 Å². The van der Waals surface area contributed by atoms with Crippen molar-refractivity contribution in [3.05, 3.63) is 18.5 Å². The van der Waals surface area contributed by atoms with Crippen LogP contribution in [0.3, 0.4) is 0 Å². The van der Waals surface area contributed by atoms with E-state index in [2.05, 4.69) is 43.8 Å². The molecule has 1 aliphatic rings. The van der Waals surface area contributed by atoms with Gasteiger partial charge in [-0.1, -0.05) is 40.0 Å². The van der Waals surface area contributed by atoms with Gasteiger partial charge in [0.15, 0.2) is 13.5 Å². The number of aromatic nitrogens is 2. The van der Waals surface area contributed by atoms with E-state index in [4.69, 9.17) is 4.43 Å². The summed E-state index contributed by atoms with van der Waals surface area (Å²) < 4.78 is 6.46. The van der Waals surface area contributed by atoms with Crippen molar-refractivity contribution in [2.24, 2.45) is 0 Å². The number of ketones is 1. The van der Waals surface area contributed by atoms with Crippen LogP contribution >= 0.6 is 11.8 Å². The van der Waals surface area contributed by atoms with E-state index in [9.17, 15) is 4.79 Å². The standard InChI is InChI=1S/C15H24N2O2SSi.CH4/c1-15(2,3)21(4,5)19-12-9-11(18)10-13(12)20-14-16-7-6-8-17-14;/h6-8,12-13H,9-10H2,1-5H3;1H4/t12-,13-;/m0./s1. The van der Waals surface area contributed by atoms with Crippen molar-refractivity contribution < 1.29 is 9.22 Å². The molecule has 1 aromatic rings. The Hall–Kier alpha value is -0.723. The van der Waals surface area contributed by atoms with Gasteiger partial charge in [0, 0.05) is 30.5 Å². The van der Waals surface area contributed by atoms with Crippen LogP contribution in [-0.2, 0) is 9.22 Å². The third-order valence-electron chi connectivity index (χ3n) is 4.32. The molecule has 0 amide bonds. The summed E-state index contributed by atoms with van der Waals surface area (Å²) in [7, 11) is -1.86. The van der Waals surface area contributed by atoms with Crippen molar-refractivity contribution in [3.8, 4) is 0 Å². The van der Waals surface area contributed by atoms with Crippen molar-refractivity contribution >= 4 is 25.9 Å². The smallest absolute Gasteiger partial charge is 0.192 e. The first-order valence-electron chi connectivity index (χ1n) is 7.32. The molecule has 0 bridgehead atoms. The van der Waals surface area contributed by atoms with Crippen LogP contribution in [0.5, 0.6) is 0 Å². The second-order valence-electron chi connectivity index (χ2n) is 7.05. The number of nitrogens with zero attached hydrogens (tertiary/aromatic N) is 2. The molecule has 4 nitrogen and oxygen atoms in total. The summed E-state index contributed by atoms with van der Waals surface area (Å²) in [4.78, 5) is 20.4. The molecule has 0 N–H and O–H groups in total. The highest BCUT2D eigenvalue weighted by molar-refractivity contribution is 7.99. The van der Waals surface area contributed by atoms with E-state index in [1.807, 2.05) is 0 Å². The fourth-order valence-corrected chi connectivity index (χ4v) is 4.61. The molecule has 0 spiro atoms. The van der Waals surface area contributed by atoms with Crippen molar-refractivity contribution in [1.82, 2.24) is 9.97 Å². The Balaban J connectivity index is 0.00000242. The minimum atomic E-state index is -1.86. The van der Waals surface area contributed by atoms with Crippen LogP contribution < -0.4 is 0 Å². The molecular weight excluding hydrogens is 312 g/mol. The minimum absolute atomic E-state index is 0. The number of carbonyl (C=O) groups excluding carboxylic acids is 1. The quantitative estimate of drug-likeness (QED) is 0.603. The normalized spacial score (nSPS) is 22.5. The molecule has 0 saturated heterocycles. The Morgan fingerprint density at radius 2 is 1.82 bits per heavy atom. The van der Waals surface area contributed by atoms with Gasteiger partial charge in [-0.05, 0) is 24.2 Å². The molecule has 124 valence electrons. The maximum atomic E-state index is 11.9. The van der Waals surface area contributed by atoms with Crippen LogP contribution in [0.1, 0.15) is 41.0 Å². The molecule has 1 fully saturated rings. The average Bonchev–Trinajstić information content (AvgIpc) is 2.68. The average molecular weight is 341 g/mol. The number of thioether (sulfide) groups is 1. The van der Waals surface area contributed by atoms with Gasteiger partial charge in [-0.15, -0.1) is 0 Å². The van der Waals surface area contributed by atoms with E-state index in [-0.39, 0.29) is 29.6 Å². The Morgan fingerprint density at radius 3 is 2.36 bits per heavy atom. The van der Waals surface area contributed by atoms with Crippen LogP contribution in [0.15, 0.2) is 23.6 Å². The molecule has 1 aromatic heterocycles. The van der Waals surface area contributed by atoms with Gasteiger partial charge in [0.2, 0.25) is 0 Å². The van der Waals surface area contributed by atoms with E-state index >= 15 is 0 Å². The zero-order valence-corrected chi connectivity index (χ0v) is 15.2. The molecule has 1 saturated carbocycles. The Kier molecular flexibility index (Phi) is 6.35. The third-order valence-corrected chi connectivity index (χ3v) is 10.0. The highest BCUT2D eigenvalue weighted by atomic mass is 32.2. The van der Waals surface area contributed by atoms with Crippen LogP contribution in [-0.4, -0.2) is 35.4 Å². The molecular formula is C16H28N2O2SSi. The van der Waals surface area contributed by atoms with E-state index in [0.717, 1.165) is 5.16 Å². The summed E-state index contributed by atoms with van der Waals surface area (Å²) in [5.74, 6) is 0.284. The molecule has 0 radical (unpaired) electrons. The van der Waals surface area contributed by atoms with Gasteiger partial charge in [-0.25, -0.2) is 9.97 Å². The summed E-state index contributed by atoms with van der Waals surface area (Å²) in [5.41, 5.74) is 0. The summed E-state index contributed by atoms with van der Waals surface area (Å²) in [5, 5.41) is 1.01. The first kappa shape index (κ1) is 19.3. The van der Waals surface area contributed by atoms with Crippen molar-refractivity contribution in [1.29, 1.82) is 0 Å². The monoisotopic (exact) mass is 340 g/mol. The van der Waals surface area contributed by atoms with Gasteiger partial charge in [0.25, 0.3) is 0 Å². The summed E-state index contributed by atoms with van der Waals surface area (Å²) in [6.07, 6.45) is 4.54. The van der Waals surface area contributed by atoms with Gasteiger partial charge >= 0.3 is 0 Å². The Bertz CT molecular complexity index is 503. The molecule has 0 unspecified atom stereocenters. The lowest BCUT2D eigenvalue weighted by atomic mass is 10.2. The maximum absolute atomic E-state index is 11.9. The summed E-state index contributed by atoms with van der Waals surface area (Å²) >= 11 is 1.57. The molecule has 22 heavy (non-hydrogen) atoms. The second kappa shape index (κ2) is 7.23. The lowest BCUT2D eigenvalue weighted by molar-refractivity contribution is -0.117. The van der Waals surface area contributed by atoms with Gasteiger partial charge < -0.3 is 4.43 Å². The first-order chi connectivity index (χ1) is 9.69.